The number of ether oxygens (including phenoxy) is 1. The number of rotatable bonds is 5. The summed E-state index contributed by atoms with van der Waals surface area (Å²) in [6.07, 6.45) is 3.60. The fourth-order valence-electron chi connectivity index (χ4n) is 2.19. The summed E-state index contributed by atoms with van der Waals surface area (Å²) in [6.45, 7) is 4.58. The predicted octanol–water partition coefficient (Wildman–Crippen LogP) is 0.989. The molecule has 0 radical (unpaired) electrons. The van der Waals surface area contributed by atoms with E-state index < -0.39 is 5.97 Å². The van der Waals surface area contributed by atoms with Crippen LogP contribution in [0.3, 0.4) is 0 Å². The zero-order valence-corrected chi connectivity index (χ0v) is 11.5. The van der Waals surface area contributed by atoms with E-state index in [4.69, 9.17) is 4.74 Å². The highest BCUT2D eigenvalue weighted by Gasteiger charge is 2.31. The Morgan fingerprint density at radius 3 is 2.74 bits per heavy atom. The second-order valence-electron chi connectivity index (χ2n) is 4.68. The molecule has 19 heavy (non-hydrogen) atoms. The summed E-state index contributed by atoms with van der Waals surface area (Å²) in [5, 5.41) is 0. The van der Waals surface area contributed by atoms with Gasteiger partial charge in [0.1, 0.15) is 18.1 Å². The van der Waals surface area contributed by atoms with Crippen molar-refractivity contribution < 1.29 is 14.3 Å². The highest BCUT2D eigenvalue weighted by molar-refractivity contribution is 5.88. The summed E-state index contributed by atoms with van der Waals surface area (Å²) in [5.41, 5.74) is 0.320. The minimum absolute atomic E-state index is 0.0243. The molecule has 0 atom stereocenters. The molecule has 1 aromatic heterocycles. The second kappa shape index (κ2) is 5.42. The van der Waals surface area contributed by atoms with Crippen molar-refractivity contribution >= 4 is 11.9 Å². The fourth-order valence-corrected chi connectivity index (χ4v) is 2.19. The van der Waals surface area contributed by atoms with Gasteiger partial charge in [-0.05, 0) is 26.7 Å². The third-order valence-electron chi connectivity index (χ3n) is 3.39. The van der Waals surface area contributed by atoms with Crippen molar-refractivity contribution in [2.75, 3.05) is 13.7 Å². The van der Waals surface area contributed by atoms with E-state index in [1.807, 2.05) is 11.8 Å². The van der Waals surface area contributed by atoms with Crippen LogP contribution in [0.4, 0.5) is 0 Å². The standard InChI is InChI=1S/C13H19N3O3/c1-4-15(10-5-6-10)12(17)8-16-9(2)14-7-11(16)13(18)19-3/h7,10H,4-6,8H2,1-3H3. The Labute approximate surface area is 112 Å². The van der Waals surface area contributed by atoms with Gasteiger partial charge in [-0.3, -0.25) is 4.79 Å². The molecule has 0 saturated heterocycles. The maximum Gasteiger partial charge on any atom is 0.356 e. The van der Waals surface area contributed by atoms with Crippen LogP contribution >= 0.6 is 0 Å². The minimum Gasteiger partial charge on any atom is -0.464 e. The number of hydrogen-bond acceptors (Lipinski definition) is 4. The molecule has 6 nitrogen and oxygen atoms in total. The number of hydrogen-bond donors (Lipinski definition) is 0. The van der Waals surface area contributed by atoms with Gasteiger partial charge in [0.2, 0.25) is 5.91 Å². The number of carbonyl (C=O) groups excluding carboxylic acids is 2. The average Bonchev–Trinajstić information content (AvgIpc) is 3.16. The number of nitrogens with zero attached hydrogens (tertiary/aromatic N) is 3. The lowest BCUT2D eigenvalue weighted by atomic mass is 10.4. The fraction of sp³-hybridized carbons (Fsp3) is 0.615. The first-order chi connectivity index (χ1) is 9.08. The Bertz CT molecular complexity index is 491. The van der Waals surface area contributed by atoms with Crippen LogP contribution in [-0.4, -0.2) is 46.0 Å². The molecule has 1 aliphatic rings. The van der Waals surface area contributed by atoms with Crippen molar-refractivity contribution in [2.45, 2.75) is 39.3 Å². The van der Waals surface area contributed by atoms with Gasteiger partial charge in [-0.2, -0.15) is 0 Å². The van der Waals surface area contributed by atoms with Crippen LogP contribution in [0.15, 0.2) is 6.20 Å². The zero-order valence-electron chi connectivity index (χ0n) is 11.5. The molecule has 2 rings (SSSR count). The number of esters is 1. The van der Waals surface area contributed by atoms with E-state index in [0.29, 0.717) is 24.1 Å². The van der Waals surface area contributed by atoms with Gasteiger partial charge >= 0.3 is 5.97 Å². The van der Waals surface area contributed by atoms with Crippen LogP contribution < -0.4 is 0 Å². The smallest absolute Gasteiger partial charge is 0.356 e. The largest absolute Gasteiger partial charge is 0.464 e. The van der Waals surface area contributed by atoms with E-state index in [2.05, 4.69) is 4.98 Å². The summed E-state index contributed by atoms with van der Waals surface area (Å²) in [4.78, 5) is 29.8. The molecule has 1 aromatic rings. The highest BCUT2D eigenvalue weighted by atomic mass is 16.5. The summed E-state index contributed by atoms with van der Waals surface area (Å²) < 4.78 is 6.30. The minimum atomic E-state index is -0.470. The molecular formula is C13H19N3O3. The molecule has 1 heterocycles. The average molecular weight is 265 g/mol. The maximum absolute atomic E-state index is 12.3. The quantitative estimate of drug-likeness (QED) is 0.745. The molecular weight excluding hydrogens is 246 g/mol. The van der Waals surface area contributed by atoms with Crippen molar-refractivity contribution in [3.8, 4) is 0 Å². The SMILES string of the molecule is CCN(C(=O)Cn1c(C(=O)OC)cnc1C)C1CC1. The Kier molecular flexibility index (Phi) is 3.87. The summed E-state index contributed by atoms with van der Waals surface area (Å²) in [5.74, 6) is 0.194. The normalized spacial score (nSPS) is 14.3. The van der Waals surface area contributed by atoms with Crippen molar-refractivity contribution in [1.29, 1.82) is 0 Å². The van der Waals surface area contributed by atoms with E-state index in [9.17, 15) is 9.59 Å². The highest BCUT2D eigenvalue weighted by Crippen LogP contribution is 2.26. The number of carbonyl (C=O) groups is 2. The molecule has 0 spiro atoms. The number of amides is 1. The first-order valence-electron chi connectivity index (χ1n) is 6.48. The van der Waals surface area contributed by atoms with Crippen LogP contribution in [0.25, 0.3) is 0 Å². The van der Waals surface area contributed by atoms with Crippen LogP contribution in [-0.2, 0) is 16.1 Å². The van der Waals surface area contributed by atoms with Crippen molar-refractivity contribution in [1.82, 2.24) is 14.5 Å². The molecule has 104 valence electrons. The van der Waals surface area contributed by atoms with Gasteiger partial charge in [0.25, 0.3) is 0 Å². The van der Waals surface area contributed by atoms with Gasteiger partial charge in [-0.1, -0.05) is 0 Å². The molecule has 1 aliphatic carbocycles. The number of aryl methyl sites for hydroxylation is 1. The first-order valence-corrected chi connectivity index (χ1v) is 6.48. The number of imidazole rings is 1. The number of aromatic nitrogens is 2. The van der Waals surface area contributed by atoms with Gasteiger partial charge in [0.15, 0.2) is 0 Å². The molecule has 0 aromatic carbocycles. The third-order valence-corrected chi connectivity index (χ3v) is 3.39. The third kappa shape index (κ3) is 2.77. The monoisotopic (exact) mass is 265 g/mol. The molecule has 0 N–H and O–H groups in total. The molecule has 0 unspecified atom stereocenters. The van der Waals surface area contributed by atoms with Gasteiger partial charge in [-0.15, -0.1) is 0 Å². The van der Waals surface area contributed by atoms with Gasteiger partial charge in [-0.25, -0.2) is 9.78 Å². The number of likely N-dealkylation sites (N-methyl/N-ethyl adjacent to an activating group) is 1. The summed E-state index contributed by atoms with van der Waals surface area (Å²) in [6, 6.07) is 0.378. The van der Waals surface area contributed by atoms with E-state index in [-0.39, 0.29) is 12.5 Å². The first kappa shape index (κ1) is 13.6. The molecule has 1 amide bonds. The maximum atomic E-state index is 12.3. The molecule has 6 heteroatoms. The zero-order chi connectivity index (χ0) is 14.0. The second-order valence-corrected chi connectivity index (χ2v) is 4.68. The van der Waals surface area contributed by atoms with E-state index >= 15 is 0 Å². The molecule has 1 saturated carbocycles. The van der Waals surface area contributed by atoms with Crippen molar-refractivity contribution in [2.24, 2.45) is 0 Å². The predicted molar refractivity (Wildman–Crippen MR) is 68.7 cm³/mol. The molecule has 0 bridgehead atoms. The Morgan fingerprint density at radius 2 is 2.21 bits per heavy atom. The van der Waals surface area contributed by atoms with Gasteiger partial charge in [0.05, 0.1) is 13.3 Å². The van der Waals surface area contributed by atoms with Crippen LogP contribution in [0, 0.1) is 6.92 Å². The molecule has 0 aliphatic heterocycles. The van der Waals surface area contributed by atoms with Crippen molar-refractivity contribution in [3.05, 3.63) is 17.7 Å². The van der Waals surface area contributed by atoms with Crippen LogP contribution in [0.2, 0.25) is 0 Å². The van der Waals surface area contributed by atoms with Crippen LogP contribution in [0.5, 0.6) is 0 Å². The number of methoxy groups -OCH3 is 1. The van der Waals surface area contributed by atoms with Gasteiger partial charge < -0.3 is 14.2 Å². The van der Waals surface area contributed by atoms with E-state index in [1.54, 1.807) is 11.5 Å². The topological polar surface area (TPSA) is 64.4 Å². The van der Waals surface area contributed by atoms with E-state index in [1.165, 1.54) is 13.3 Å². The Hall–Kier alpha value is -1.85. The van der Waals surface area contributed by atoms with Gasteiger partial charge in [0, 0.05) is 12.6 Å². The summed E-state index contributed by atoms with van der Waals surface area (Å²) in [7, 11) is 1.32. The lowest BCUT2D eigenvalue weighted by molar-refractivity contribution is -0.132. The lowest BCUT2D eigenvalue weighted by Gasteiger charge is -2.21. The van der Waals surface area contributed by atoms with Crippen molar-refractivity contribution in [3.63, 3.8) is 0 Å². The Morgan fingerprint density at radius 1 is 1.53 bits per heavy atom. The summed E-state index contributed by atoms with van der Waals surface area (Å²) >= 11 is 0. The molecule has 1 fully saturated rings. The van der Waals surface area contributed by atoms with E-state index in [0.717, 1.165) is 12.8 Å². The lowest BCUT2D eigenvalue weighted by Crippen LogP contribution is -2.36. The Balaban J connectivity index is 2.15. The van der Waals surface area contributed by atoms with Crippen LogP contribution in [0.1, 0.15) is 36.1 Å².